The number of fused-ring (bicyclic) bond motifs is 2. The van der Waals surface area contributed by atoms with Gasteiger partial charge in [-0.15, -0.1) is 0 Å². The SMILES string of the molecule is CC(C)(O)c1nc(C(F)F)c(C(=O)N2CCc3[nH]cnc3[C@H]2c2nc3ccccc3o2)o1. The summed E-state index contributed by atoms with van der Waals surface area (Å²) in [4.78, 5) is 30.3. The normalized spacial score (nSPS) is 16.7. The Morgan fingerprint density at radius 1 is 1.28 bits per heavy atom. The molecule has 1 atom stereocenters. The van der Waals surface area contributed by atoms with Gasteiger partial charge in [-0.25, -0.2) is 23.7 Å². The number of hydrogen-bond acceptors (Lipinski definition) is 7. The topological polar surface area (TPSA) is 121 Å². The van der Waals surface area contributed by atoms with Crippen LogP contribution < -0.4 is 0 Å². The monoisotopic (exact) mass is 443 g/mol. The molecule has 5 rings (SSSR count). The highest BCUT2D eigenvalue weighted by molar-refractivity contribution is 5.93. The lowest BCUT2D eigenvalue weighted by molar-refractivity contribution is 0.0436. The summed E-state index contributed by atoms with van der Waals surface area (Å²) in [5.74, 6) is -1.61. The summed E-state index contributed by atoms with van der Waals surface area (Å²) in [7, 11) is 0. The van der Waals surface area contributed by atoms with Gasteiger partial charge in [-0.2, -0.15) is 0 Å². The molecule has 1 aromatic carbocycles. The van der Waals surface area contributed by atoms with E-state index < -0.39 is 35.4 Å². The van der Waals surface area contributed by atoms with Gasteiger partial charge in [0, 0.05) is 18.7 Å². The van der Waals surface area contributed by atoms with Crippen LogP contribution in [-0.4, -0.2) is 42.4 Å². The van der Waals surface area contributed by atoms with Gasteiger partial charge in [0.1, 0.15) is 11.1 Å². The van der Waals surface area contributed by atoms with Gasteiger partial charge in [0.15, 0.2) is 17.3 Å². The number of benzene rings is 1. The molecule has 0 aliphatic carbocycles. The molecule has 0 bridgehead atoms. The van der Waals surface area contributed by atoms with E-state index in [-0.39, 0.29) is 18.3 Å². The molecule has 1 aliphatic rings. The molecule has 4 aromatic rings. The number of rotatable bonds is 4. The number of oxazole rings is 2. The van der Waals surface area contributed by atoms with Gasteiger partial charge in [0.2, 0.25) is 17.5 Å². The summed E-state index contributed by atoms with van der Waals surface area (Å²) < 4.78 is 38.6. The third-order valence-corrected chi connectivity index (χ3v) is 5.31. The summed E-state index contributed by atoms with van der Waals surface area (Å²) >= 11 is 0. The first-order valence-corrected chi connectivity index (χ1v) is 9.94. The number of aliphatic hydroxyl groups is 1. The van der Waals surface area contributed by atoms with Crippen LogP contribution in [0, 0.1) is 0 Å². The Labute approximate surface area is 180 Å². The van der Waals surface area contributed by atoms with Crippen LogP contribution in [0.5, 0.6) is 0 Å². The second-order valence-electron chi connectivity index (χ2n) is 8.03. The lowest BCUT2D eigenvalue weighted by atomic mass is 10.0. The summed E-state index contributed by atoms with van der Waals surface area (Å²) in [6, 6.07) is 6.26. The first kappa shape index (κ1) is 20.3. The second kappa shape index (κ2) is 7.23. The first-order chi connectivity index (χ1) is 15.2. The molecular weight excluding hydrogens is 424 g/mol. The van der Waals surface area contributed by atoms with Crippen LogP contribution in [0.2, 0.25) is 0 Å². The van der Waals surface area contributed by atoms with Crippen LogP contribution in [0.4, 0.5) is 8.78 Å². The Morgan fingerprint density at radius 3 is 2.78 bits per heavy atom. The number of H-pyrrole nitrogens is 1. The molecule has 0 fully saturated rings. The Kier molecular flexibility index (Phi) is 4.59. The van der Waals surface area contributed by atoms with Crippen LogP contribution in [0.15, 0.2) is 39.4 Å². The van der Waals surface area contributed by atoms with Gasteiger partial charge < -0.3 is 23.8 Å². The highest BCUT2D eigenvalue weighted by Crippen LogP contribution is 2.37. The van der Waals surface area contributed by atoms with Gasteiger partial charge in [0.25, 0.3) is 12.3 Å². The first-order valence-electron chi connectivity index (χ1n) is 9.94. The van der Waals surface area contributed by atoms with Crippen molar-refractivity contribution in [3.63, 3.8) is 0 Å². The minimum absolute atomic E-state index is 0.179. The fourth-order valence-electron chi connectivity index (χ4n) is 3.78. The van der Waals surface area contributed by atoms with E-state index in [1.165, 1.54) is 25.1 Å². The maximum Gasteiger partial charge on any atom is 0.292 e. The average Bonchev–Trinajstić information content (AvgIpc) is 3.49. The van der Waals surface area contributed by atoms with Crippen molar-refractivity contribution in [1.82, 2.24) is 24.8 Å². The Morgan fingerprint density at radius 2 is 2.06 bits per heavy atom. The molecule has 0 unspecified atom stereocenters. The summed E-state index contributed by atoms with van der Waals surface area (Å²) in [5.41, 5.74) is -0.0398. The van der Waals surface area contributed by atoms with Crippen molar-refractivity contribution in [1.29, 1.82) is 0 Å². The number of alkyl halides is 2. The lowest BCUT2D eigenvalue weighted by Gasteiger charge is -2.32. The molecule has 0 saturated carbocycles. The molecule has 0 radical (unpaired) electrons. The standard InChI is InChI=1S/C21H19F2N5O4/c1-21(2,30)20-27-14(17(22)23)16(32-20)19(29)28-8-7-11-13(25-9-24-11)15(28)18-26-10-5-3-4-6-12(10)31-18/h3-6,9,15,17,30H,7-8H2,1-2H3,(H,24,25)/t15-/m0/s1. The van der Waals surface area contributed by atoms with Gasteiger partial charge >= 0.3 is 0 Å². The van der Waals surface area contributed by atoms with E-state index >= 15 is 0 Å². The Bertz CT molecular complexity index is 1270. The molecule has 166 valence electrons. The summed E-state index contributed by atoms with van der Waals surface area (Å²) in [6.45, 7) is 2.85. The number of carbonyl (C=O) groups excluding carboxylic acids is 1. The third-order valence-electron chi connectivity index (χ3n) is 5.31. The molecule has 2 N–H and O–H groups in total. The predicted molar refractivity (Wildman–Crippen MR) is 106 cm³/mol. The summed E-state index contributed by atoms with van der Waals surface area (Å²) in [6.07, 6.45) is -1.14. The molecule has 0 spiro atoms. The molecule has 1 aliphatic heterocycles. The zero-order valence-electron chi connectivity index (χ0n) is 17.2. The minimum Gasteiger partial charge on any atom is -0.438 e. The lowest BCUT2D eigenvalue weighted by Crippen LogP contribution is -2.41. The van der Waals surface area contributed by atoms with E-state index in [1.54, 1.807) is 24.3 Å². The van der Waals surface area contributed by atoms with Crippen molar-refractivity contribution in [2.45, 2.75) is 38.3 Å². The zero-order chi connectivity index (χ0) is 22.6. The number of aromatic amines is 1. The van der Waals surface area contributed by atoms with Crippen LogP contribution in [0.1, 0.15) is 65.7 Å². The number of para-hydroxylation sites is 2. The van der Waals surface area contributed by atoms with E-state index in [0.717, 1.165) is 5.69 Å². The van der Waals surface area contributed by atoms with Crippen molar-refractivity contribution in [3.05, 3.63) is 65.2 Å². The predicted octanol–water partition coefficient (Wildman–Crippen LogP) is 3.49. The third kappa shape index (κ3) is 3.25. The van der Waals surface area contributed by atoms with Crippen LogP contribution in [0.3, 0.4) is 0 Å². The smallest absolute Gasteiger partial charge is 0.292 e. The van der Waals surface area contributed by atoms with Crippen LogP contribution in [-0.2, 0) is 12.0 Å². The number of carbonyl (C=O) groups is 1. The fourth-order valence-corrected chi connectivity index (χ4v) is 3.78. The second-order valence-corrected chi connectivity index (χ2v) is 8.03. The van der Waals surface area contributed by atoms with Crippen molar-refractivity contribution < 1.29 is 27.5 Å². The molecule has 4 heterocycles. The van der Waals surface area contributed by atoms with Crippen LogP contribution in [0.25, 0.3) is 11.1 Å². The number of nitrogens with one attached hydrogen (secondary N) is 1. The Hall–Kier alpha value is -3.60. The maximum atomic E-state index is 13.7. The molecule has 3 aromatic heterocycles. The summed E-state index contributed by atoms with van der Waals surface area (Å²) in [5, 5.41) is 10.1. The maximum absolute atomic E-state index is 13.7. The highest BCUT2D eigenvalue weighted by atomic mass is 19.3. The molecule has 1 amide bonds. The highest BCUT2D eigenvalue weighted by Gasteiger charge is 2.41. The number of amides is 1. The molecule has 0 saturated heterocycles. The largest absolute Gasteiger partial charge is 0.438 e. The minimum atomic E-state index is -3.07. The molecule has 32 heavy (non-hydrogen) atoms. The van der Waals surface area contributed by atoms with E-state index in [1.807, 2.05) is 0 Å². The Balaban J connectivity index is 1.62. The number of aromatic nitrogens is 4. The molecular formula is C21H19F2N5O4. The van der Waals surface area contributed by atoms with Crippen molar-refractivity contribution in [2.75, 3.05) is 6.54 Å². The van der Waals surface area contributed by atoms with E-state index in [0.29, 0.717) is 23.2 Å². The molecule has 11 heteroatoms. The van der Waals surface area contributed by atoms with E-state index in [9.17, 15) is 18.7 Å². The molecule has 9 nitrogen and oxygen atoms in total. The average molecular weight is 443 g/mol. The van der Waals surface area contributed by atoms with Crippen molar-refractivity contribution in [2.24, 2.45) is 0 Å². The van der Waals surface area contributed by atoms with Crippen molar-refractivity contribution >= 4 is 17.0 Å². The van der Waals surface area contributed by atoms with Gasteiger partial charge in [-0.1, -0.05) is 12.1 Å². The van der Waals surface area contributed by atoms with E-state index in [4.69, 9.17) is 8.83 Å². The quantitative estimate of drug-likeness (QED) is 0.495. The van der Waals surface area contributed by atoms with Crippen LogP contribution >= 0.6 is 0 Å². The van der Waals surface area contributed by atoms with Gasteiger partial charge in [-0.3, -0.25) is 4.79 Å². The van der Waals surface area contributed by atoms with Gasteiger partial charge in [0.05, 0.1) is 12.0 Å². The zero-order valence-corrected chi connectivity index (χ0v) is 17.2. The van der Waals surface area contributed by atoms with Crippen molar-refractivity contribution in [3.8, 4) is 0 Å². The number of imidazole rings is 1. The van der Waals surface area contributed by atoms with E-state index in [2.05, 4.69) is 19.9 Å². The fraction of sp³-hybridized carbons (Fsp3) is 0.333. The van der Waals surface area contributed by atoms with Gasteiger partial charge in [-0.05, 0) is 26.0 Å². The number of hydrogen-bond donors (Lipinski definition) is 2. The number of halogens is 2. The number of nitrogens with zero attached hydrogens (tertiary/aromatic N) is 4.